The summed E-state index contributed by atoms with van der Waals surface area (Å²) in [6.45, 7) is 2.02. The Labute approximate surface area is 234 Å². The second-order valence-electron chi connectivity index (χ2n) is 10.2. The van der Waals surface area contributed by atoms with Gasteiger partial charge in [0.1, 0.15) is 11.5 Å². The van der Waals surface area contributed by atoms with Gasteiger partial charge in [-0.25, -0.2) is 0 Å². The molecule has 1 N–H and O–H groups in total. The van der Waals surface area contributed by atoms with Gasteiger partial charge >= 0.3 is 0 Å². The van der Waals surface area contributed by atoms with Crippen LogP contribution in [0.15, 0.2) is 96.4 Å². The smallest absolute Gasteiger partial charge is 0.238 e. The first-order valence-electron chi connectivity index (χ1n) is 12.8. The van der Waals surface area contributed by atoms with E-state index in [0.29, 0.717) is 21.2 Å². The van der Waals surface area contributed by atoms with E-state index in [1.165, 1.54) is 11.3 Å². The zero-order valence-corrected chi connectivity index (χ0v) is 22.5. The Morgan fingerprint density at radius 3 is 2.46 bits per heavy atom. The summed E-state index contributed by atoms with van der Waals surface area (Å²) in [5.74, 6) is -1.77. The molecular weight excluding hydrogens is 528 g/mol. The Bertz CT molecular complexity index is 1710. The summed E-state index contributed by atoms with van der Waals surface area (Å²) in [7, 11) is 0. The Morgan fingerprint density at radius 2 is 1.67 bits per heavy atom. The summed E-state index contributed by atoms with van der Waals surface area (Å²) < 4.78 is 0. The van der Waals surface area contributed by atoms with Crippen molar-refractivity contribution < 1.29 is 14.4 Å². The van der Waals surface area contributed by atoms with Gasteiger partial charge in [0.15, 0.2) is 11.6 Å². The number of hydrogen-bond donors (Lipinski definition) is 1. The summed E-state index contributed by atoms with van der Waals surface area (Å²) in [6.07, 6.45) is 2.05. The van der Waals surface area contributed by atoms with Gasteiger partial charge in [-0.05, 0) is 53.8 Å². The lowest BCUT2D eigenvalue weighted by molar-refractivity contribution is -0.121. The number of Topliss-reactive ketones (excluding diaryl/α,β-unsaturated/α-hetero) is 2. The van der Waals surface area contributed by atoms with Crippen LogP contribution < -0.4 is 10.2 Å². The van der Waals surface area contributed by atoms with Crippen molar-refractivity contribution in [1.29, 1.82) is 0 Å². The molecule has 5 nitrogen and oxygen atoms in total. The summed E-state index contributed by atoms with van der Waals surface area (Å²) in [5, 5.41) is 5.22. The van der Waals surface area contributed by atoms with E-state index < -0.39 is 23.4 Å². The topological polar surface area (TPSA) is 66.5 Å². The molecule has 1 saturated heterocycles. The quantitative estimate of drug-likeness (QED) is 0.289. The standard InChI is InChI=1S/C32H23ClN2O3S/c1-18-17-26-32(21-11-4-6-13-23(21)34-31(32)38)27(30(37)25-15-8-16-39-25)28(29(36)20-10-2-5-12-22(20)33)35(26)24-14-7-3-9-19(18)24/h2-17,26-28H,1H3,(H,34,38)/t26-,27-,28-,32+/m0/s1. The summed E-state index contributed by atoms with van der Waals surface area (Å²) in [4.78, 5) is 46.1. The molecule has 0 radical (unpaired) electrons. The highest BCUT2D eigenvalue weighted by Crippen LogP contribution is 2.59. The van der Waals surface area contributed by atoms with E-state index in [0.717, 1.165) is 22.4 Å². The number of hydrogen-bond acceptors (Lipinski definition) is 5. The molecule has 3 aromatic carbocycles. The fourth-order valence-corrected chi connectivity index (χ4v) is 7.71. The molecule has 192 valence electrons. The zero-order valence-electron chi connectivity index (χ0n) is 20.9. The average molecular weight is 551 g/mol. The minimum atomic E-state index is -1.33. The highest BCUT2D eigenvalue weighted by molar-refractivity contribution is 7.12. The first kappa shape index (κ1) is 24.1. The maximum absolute atomic E-state index is 14.6. The first-order valence-corrected chi connectivity index (χ1v) is 14.0. The number of amides is 1. The van der Waals surface area contributed by atoms with Crippen LogP contribution in [0.25, 0.3) is 5.57 Å². The number of rotatable bonds is 4. The Hall–Kier alpha value is -4.00. The number of allylic oxidation sites excluding steroid dienone is 1. The number of carbonyl (C=O) groups is 3. The molecule has 0 bridgehead atoms. The molecule has 0 saturated carbocycles. The van der Waals surface area contributed by atoms with Crippen molar-refractivity contribution in [3.63, 3.8) is 0 Å². The van der Waals surface area contributed by atoms with Crippen LogP contribution in [0.1, 0.15) is 38.1 Å². The maximum atomic E-state index is 14.6. The van der Waals surface area contributed by atoms with Gasteiger partial charge in [0.2, 0.25) is 5.91 Å². The maximum Gasteiger partial charge on any atom is 0.238 e. The lowest BCUT2D eigenvalue weighted by atomic mass is 9.64. The Balaban J connectivity index is 1.57. The van der Waals surface area contributed by atoms with Crippen molar-refractivity contribution in [3.8, 4) is 0 Å². The lowest BCUT2D eigenvalue weighted by Crippen LogP contribution is -2.51. The van der Waals surface area contributed by atoms with Crippen LogP contribution in [-0.4, -0.2) is 29.6 Å². The van der Waals surface area contributed by atoms with E-state index in [1.54, 1.807) is 30.3 Å². The molecule has 4 heterocycles. The van der Waals surface area contributed by atoms with Gasteiger partial charge in [-0.2, -0.15) is 0 Å². The zero-order chi connectivity index (χ0) is 26.9. The van der Waals surface area contributed by atoms with E-state index in [1.807, 2.05) is 71.8 Å². The fourth-order valence-electron chi connectivity index (χ4n) is 6.78. The van der Waals surface area contributed by atoms with E-state index in [2.05, 4.69) is 11.4 Å². The van der Waals surface area contributed by atoms with Gasteiger partial charge in [-0.15, -0.1) is 11.3 Å². The SMILES string of the molecule is CC1=C[C@@H]2N(c3ccccc31)[C@H](C(=O)c1ccccc1Cl)[C@@H](C(=O)c1cccs1)[C@]21C(=O)Nc2ccccc21. The van der Waals surface area contributed by atoms with Crippen LogP contribution in [0.5, 0.6) is 0 Å². The largest absolute Gasteiger partial charge is 0.352 e. The van der Waals surface area contributed by atoms with Crippen LogP contribution in [-0.2, 0) is 10.2 Å². The Morgan fingerprint density at radius 1 is 0.923 bits per heavy atom. The van der Waals surface area contributed by atoms with Crippen molar-refractivity contribution in [1.82, 2.24) is 0 Å². The van der Waals surface area contributed by atoms with Gasteiger partial charge in [0.25, 0.3) is 0 Å². The number of fused-ring (bicyclic) bond motifs is 6. The molecule has 3 aliphatic rings. The molecule has 39 heavy (non-hydrogen) atoms. The molecule has 7 heteroatoms. The van der Waals surface area contributed by atoms with Crippen molar-refractivity contribution >= 4 is 57.4 Å². The number of benzene rings is 3. The van der Waals surface area contributed by atoms with Crippen molar-refractivity contribution in [2.45, 2.75) is 24.4 Å². The molecule has 4 atom stereocenters. The normalized spacial score (nSPS) is 24.6. The van der Waals surface area contributed by atoms with Crippen LogP contribution in [0.3, 0.4) is 0 Å². The average Bonchev–Trinajstić information content (AvgIpc) is 3.66. The fraction of sp³-hybridized carbons (Fsp3) is 0.156. The highest BCUT2D eigenvalue weighted by Gasteiger charge is 2.70. The molecular formula is C32H23ClN2O3S. The number of para-hydroxylation sites is 2. The van der Waals surface area contributed by atoms with Gasteiger partial charge < -0.3 is 10.2 Å². The number of nitrogens with one attached hydrogen (secondary N) is 1. The second-order valence-corrected chi connectivity index (χ2v) is 11.6. The van der Waals surface area contributed by atoms with Crippen molar-refractivity contribution in [3.05, 3.63) is 123 Å². The molecule has 4 aromatic rings. The van der Waals surface area contributed by atoms with Gasteiger partial charge in [0, 0.05) is 22.5 Å². The van der Waals surface area contributed by atoms with E-state index in [4.69, 9.17) is 11.6 Å². The molecule has 7 rings (SSSR count). The predicted molar refractivity (Wildman–Crippen MR) is 155 cm³/mol. The molecule has 3 aliphatic heterocycles. The Kier molecular flexibility index (Phi) is 5.41. The first-order chi connectivity index (χ1) is 18.9. The molecule has 1 fully saturated rings. The van der Waals surface area contributed by atoms with E-state index in [-0.39, 0.29) is 17.5 Å². The highest BCUT2D eigenvalue weighted by atomic mass is 35.5. The molecule has 0 unspecified atom stereocenters. The summed E-state index contributed by atoms with van der Waals surface area (Å²) >= 11 is 7.89. The van der Waals surface area contributed by atoms with Gasteiger partial charge in [-0.1, -0.05) is 72.3 Å². The minimum Gasteiger partial charge on any atom is -0.352 e. The lowest BCUT2D eigenvalue weighted by Gasteiger charge is -2.39. The number of nitrogens with zero attached hydrogens (tertiary/aromatic N) is 1. The van der Waals surface area contributed by atoms with Crippen molar-refractivity contribution in [2.24, 2.45) is 5.92 Å². The molecule has 1 spiro atoms. The summed E-state index contributed by atoms with van der Waals surface area (Å²) in [5.41, 5.74) is 3.20. The minimum absolute atomic E-state index is 0.222. The number of halogens is 1. The number of carbonyl (C=O) groups excluding carboxylic acids is 3. The van der Waals surface area contributed by atoms with E-state index >= 15 is 0 Å². The van der Waals surface area contributed by atoms with Gasteiger partial charge in [-0.3, -0.25) is 14.4 Å². The third-order valence-electron chi connectivity index (χ3n) is 8.34. The van der Waals surface area contributed by atoms with E-state index in [9.17, 15) is 14.4 Å². The third-order valence-corrected chi connectivity index (χ3v) is 9.55. The van der Waals surface area contributed by atoms with Crippen LogP contribution in [0, 0.1) is 5.92 Å². The van der Waals surface area contributed by atoms with Crippen LogP contribution >= 0.6 is 22.9 Å². The van der Waals surface area contributed by atoms with Gasteiger partial charge in [0.05, 0.1) is 21.9 Å². The summed E-state index contributed by atoms with van der Waals surface area (Å²) in [6, 6.07) is 24.3. The van der Waals surface area contributed by atoms with Crippen LogP contribution in [0.4, 0.5) is 11.4 Å². The third kappa shape index (κ3) is 3.22. The predicted octanol–water partition coefficient (Wildman–Crippen LogP) is 6.65. The number of anilines is 2. The van der Waals surface area contributed by atoms with Crippen LogP contribution in [0.2, 0.25) is 5.02 Å². The van der Waals surface area contributed by atoms with Crippen molar-refractivity contribution in [2.75, 3.05) is 10.2 Å². The molecule has 1 aromatic heterocycles. The molecule has 0 aliphatic carbocycles. The number of thiophene rings is 1. The monoisotopic (exact) mass is 550 g/mol. The molecule has 1 amide bonds. The number of ketones is 2. The second kappa shape index (κ2) is 8.76.